The molecule has 0 aliphatic heterocycles. The van der Waals surface area contributed by atoms with Crippen LogP contribution in [0.3, 0.4) is 0 Å². The van der Waals surface area contributed by atoms with Gasteiger partial charge in [-0.1, -0.05) is 44.5 Å². The topological polar surface area (TPSA) is 12.0 Å². The molecule has 1 unspecified atom stereocenters. The van der Waals surface area contributed by atoms with Crippen LogP contribution in [0.4, 0.5) is 4.39 Å². The molecule has 0 saturated heterocycles. The molecule has 0 amide bonds. The van der Waals surface area contributed by atoms with Gasteiger partial charge in [0.05, 0.1) is 5.02 Å². The number of rotatable bonds is 2. The van der Waals surface area contributed by atoms with Crippen molar-refractivity contribution in [1.82, 2.24) is 5.32 Å². The minimum atomic E-state index is -0.326. The van der Waals surface area contributed by atoms with E-state index in [1.807, 2.05) is 7.05 Å². The molecule has 0 heterocycles. The van der Waals surface area contributed by atoms with Crippen molar-refractivity contribution in [3.63, 3.8) is 0 Å². The molecule has 1 atom stereocenters. The predicted octanol–water partition coefficient (Wildman–Crippen LogP) is 3.79. The molecule has 0 bridgehead atoms. The van der Waals surface area contributed by atoms with E-state index in [9.17, 15) is 4.39 Å². The zero-order valence-electron chi connectivity index (χ0n) is 9.57. The quantitative estimate of drug-likeness (QED) is 0.814. The SMILES string of the molecule is CNC(c1cccc(Cl)c1F)C(C)(C)C. The van der Waals surface area contributed by atoms with Crippen LogP contribution in [0.15, 0.2) is 18.2 Å². The monoisotopic (exact) mass is 229 g/mol. The Labute approximate surface area is 95.6 Å². The highest BCUT2D eigenvalue weighted by atomic mass is 35.5. The van der Waals surface area contributed by atoms with Crippen LogP contribution in [-0.2, 0) is 0 Å². The zero-order valence-corrected chi connectivity index (χ0v) is 10.3. The van der Waals surface area contributed by atoms with Crippen LogP contribution in [0.25, 0.3) is 0 Å². The molecule has 0 aromatic heterocycles. The highest BCUT2D eigenvalue weighted by Crippen LogP contribution is 2.35. The first-order valence-corrected chi connectivity index (χ1v) is 5.37. The van der Waals surface area contributed by atoms with Crippen LogP contribution >= 0.6 is 11.6 Å². The van der Waals surface area contributed by atoms with Crippen molar-refractivity contribution in [2.75, 3.05) is 7.05 Å². The molecule has 0 spiro atoms. The summed E-state index contributed by atoms with van der Waals surface area (Å²) in [5.74, 6) is -0.326. The molecular weight excluding hydrogens is 213 g/mol. The number of hydrogen-bond acceptors (Lipinski definition) is 1. The van der Waals surface area contributed by atoms with E-state index < -0.39 is 0 Å². The normalized spacial score (nSPS) is 14.0. The summed E-state index contributed by atoms with van der Waals surface area (Å²) in [6.45, 7) is 6.19. The Morgan fingerprint density at radius 2 is 1.93 bits per heavy atom. The van der Waals surface area contributed by atoms with Gasteiger partial charge in [-0.25, -0.2) is 4.39 Å². The summed E-state index contributed by atoms with van der Waals surface area (Å²) in [6, 6.07) is 5.07. The second-order valence-electron chi connectivity index (χ2n) is 4.73. The Morgan fingerprint density at radius 3 is 2.40 bits per heavy atom. The van der Waals surface area contributed by atoms with Crippen LogP contribution in [-0.4, -0.2) is 7.05 Å². The molecule has 0 fully saturated rings. The number of halogens is 2. The summed E-state index contributed by atoms with van der Waals surface area (Å²) in [6.07, 6.45) is 0. The minimum absolute atomic E-state index is 0.0452. The highest BCUT2D eigenvalue weighted by molar-refractivity contribution is 6.30. The third-order valence-corrected chi connectivity index (χ3v) is 2.74. The van der Waals surface area contributed by atoms with Crippen LogP contribution in [0.5, 0.6) is 0 Å². The van der Waals surface area contributed by atoms with Gasteiger partial charge >= 0.3 is 0 Å². The standard InChI is InChI=1S/C12H17ClFN/c1-12(2,3)11(15-4)8-6-5-7-9(13)10(8)14/h5-7,11,15H,1-4H3. The predicted molar refractivity (Wildman–Crippen MR) is 62.7 cm³/mol. The Hall–Kier alpha value is -0.600. The molecule has 84 valence electrons. The lowest BCUT2D eigenvalue weighted by Crippen LogP contribution is -2.30. The first kappa shape index (κ1) is 12.5. The van der Waals surface area contributed by atoms with Crippen LogP contribution in [0.1, 0.15) is 32.4 Å². The summed E-state index contributed by atoms with van der Waals surface area (Å²) in [7, 11) is 1.83. The van der Waals surface area contributed by atoms with E-state index >= 15 is 0 Å². The summed E-state index contributed by atoms with van der Waals surface area (Å²) in [5.41, 5.74) is 0.567. The van der Waals surface area contributed by atoms with Crippen molar-refractivity contribution in [2.24, 2.45) is 5.41 Å². The second kappa shape index (κ2) is 4.50. The van der Waals surface area contributed by atoms with Gasteiger partial charge in [0.25, 0.3) is 0 Å². The van der Waals surface area contributed by atoms with Gasteiger partial charge in [0.1, 0.15) is 5.82 Å². The minimum Gasteiger partial charge on any atom is -0.312 e. The highest BCUT2D eigenvalue weighted by Gasteiger charge is 2.27. The fourth-order valence-corrected chi connectivity index (χ4v) is 1.98. The van der Waals surface area contributed by atoms with Crippen molar-refractivity contribution in [3.8, 4) is 0 Å². The van der Waals surface area contributed by atoms with E-state index in [1.54, 1.807) is 18.2 Å². The number of hydrogen-bond donors (Lipinski definition) is 1. The van der Waals surface area contributed by atoms with Crippen molar-refractivity contribution in [1.29, 1.82) is 0 Å². The van der Waals surface area contributed by atoms with Crippen molar-refractivity contribution < 1.29 is 4.39 Å². The van der Waals surface area contributed by atoms with Crippen molar-refractivity contribution >= 4 is 11.6 Å². The maximum absolute atomic E-state index is 13.8. The van der Waals surface area contributed by atoms with E-state index in [0.717, 1.165) is 0 Å². The van der Waals surface area contributed by atoms with Gasteiger partial charge in [0.15, 0.2) is 0 Å². The molecule has 1 rings (SSSR count). The Balaban J connectivity index is 3.19. The van der Waals surface area contributed by atoms with Gasteiger partial charge in [-0.3, -0.25) is 0 Å². The van der Waals surface area contributed by atoms with Gasteiger partial charge in [-0.2, -0.15) is 0 Å². The molecular formula is C12H17ClFN. The fraction of sp³-hybridized carbons (Fsp3) is 0.500. The summed E-state index contributed by atoms with van der Waals surface area (Å²) in [5, 5.41) is 3.31. The summed E-state index contributed by atoms with van der Waals surface area (Å²) in [4.78, 5) is 0. The molecule has 0 aliphatic carbocycles. The number of benzene rings is 1. The molecule has 1 nitrogen and oxygen atoms in total. The van der Waals surface area contributed by atoms with Gasteiger partial charge in [-0.05, 0) is 18.5 Å². The lowest BCUT2D eigenvalue weighted by molar-refractivity contribution is 0.280. The Morgan fingerprint density at radius 1 is 1.33 bits per heavy atom. The van der Waals surface area contributed by atoms with Gasteiger partial charge in [0.2, 0.25) is 0 Å². The Bertz CT molecular complexity index is 344. The maximum atomic E-state index is 13.8. The molecule has 3 heteroatoms. The molecule has 0 radical (unpaired) electrons. The lowest BCUT2D eigenvalue weighted by atomic mass is 9.82. The second-order valence-corrected chi connectivity index (χ2v) is 5.14. The third-order valence-electron chi connectivity index (χ3n) is 2.45. The maximum Gasteiger partial charge on any atom is 0.146 e. The molecule has 0 aliphatic rings. The van der Waals surface area contributed by atoms with E-state index in [2.05, 4.69) is 26.1 Å². The van der Waals surface area contributed by atoms with Gasteiger partial charge in [0, 0.05) is 11.6 Å². The van der Waals surface area contributed by atoms with Crippen molar-refractivity contribution in [3.05, 3.63) is 34.6 Å². The Kier molecular flexibility index (Phi) is 3.74. The third kappa shape index (κ3) is 2.70. The smallest absolute Gasteiger partial charge is 0.146 e. The van der Waals surface area contributed by atoms with E-state index in [4.69, 9.17) is 11.6 Å². The van der Waals surface area contributed by atoms with Gasteiger partial charge in [-0.15, -0.1) is 0 Å². The molecule has 1 aromatic carbocycles. The van der Waals surface area contributed by atoms with Gasteiger partial charge < -0.3 is 5.32 Å². The van der Waals surface area contributed by atoms with Crippen LogP contribution < -0.4 is 5.32 Å². The molecule has 1 aromatic rings. The van der Waals surface area contributed by atoms with Crippen LogP contribution in [0.2, 0.25) is 5.02 Å². The van der Waals surface area contributed by atoms with E-state index in [0.29, 0.717) is 5.56 Å². The largest absolute Gasteiger partial charge is 0.312 e. The molecule has 0 saturated carbocycles. The fourth-order valence-electron chi connectivity index (χ4n) is 1.80. The molecule has 15 heavy (non-hydrogen) atoms. The average molecular weight is 230 g/mol. The average Bonchev–Trinajstić information content (AvgIpc) is 2.11. The van der Waals surface area contributed by atoms with Crippen molar-refractivity contribution in [2.45, 2.75) is 26.8 Å². The number of nitrogens with one attached hydrogen (secondary N) is 1. The first-order valence-electron chi connectivity index (χ1n) is 4.99. The first-order chi connectivity index (χ1) is 6.88. The summed E-state index contributed by atoms with van der Waals surface area (Å²) >= 11 is 5.76. The lowest BCUT2D eigenvalue weighted by Gasteiger charge is -2.31. The molecule has 1 N–H and O–H groups in total. The zero-order chi connectivity index (χ0) is 11.6. The van der Waals surface area contributed by atoms with E-state index in [-0.39, 0.29) is 22.3 Å². The summed E-state index contributed by atoms with van der Waals surface area (Å²) < 4.78 is 13.8. The van der Waals surface area contributed by atoms with Crippen LogP contribution in [0, 0.1) is 11.2 Å². The van der Waals surface area contributed by atoms with E-state index in [1.165, 1.54) is 0 Å².